The Hall–Kier alpha value is -1.58. The number of fused-ring (bicyclic) bond motifs is 1. The van der Waals surface area contributed by atoms with Crippen LogP contribution in [0.1, 0.15) is 19.4 Å². The molecular formula is C18H26N2O. The first-order valence-electron chi connectivity index (χ1n) is 7.39. The number of nitrogens with two attached hydrogens (primary N) is 1. The van der Waals surface area contributed by atoms with Crippen LogP contribution in [0.15, 0.2) is 36.4 Å². The molecule has 0 radical (unpaired) electrons. The maximum atomic E-state index is 5.81. The minimum atomic E-state index is 0.152. The number of hydrogen-bond acceptors (Lipinski definition) is 3. The lowest BCUT2D eigenvalue weighted by atomic mass is 9.93. The van der Waals surface area contributed by atoms with E-state index in [2.05, 4.69) is 56.1 Å². The van der Waals surface area contributed by atoms with Crippen molar-refractivity contribution in [1.29, 1.82) is 0 Å². The Kier molecular flexibility index (Phi) is 4.86. The zero-order chi connectivity index (χ0) is 15.5. The summed E-state index contributed by atoms with van der Waals surface area (Å²) in [5.74, 6) is 0.900. The Labute approximate surface area is 127 Å². The van der Waals surface area contributed by atoms with Crippen LogP contribution in [0, 0.1) is 5.41 Å². The van der Waals surface area contributed by atoms with Gasteiger partial charge in [-0.05, 0) is 53.5 Å². The number of hydrogen-bond donors (Lipinski definition) is 1. The molecule has 3 nitrogen and oxygen atoms in total. The standard InChI is InChI=1S/C18H26N2O/c1-18(2,12-19)13-20(3)11-14-5-6-16-10-17(21-4)8-7-15(16)9-14/h5-10H,11-13,19H2,1-4H3. The second-order valence-electron chi connectivity index (χ2n) is 6.59. The Morgan fingerprint density at radius 3 is 2.43 bits per heavy atom. The van der Waals surface area contributed by atoms with Crippen LogP contribution in [-0.4, -0.2) is 32.1 Å². The van der Waals surface area contributed by atoms with E-state index < -0.39 is 0 Å². The van der Waals surface area contributed by atoms with E-state index in [1.165, 1.54) is 16.3 Å². The highest BCUT2D eigenvalue weighted by Gasteiger charge is 2.18. The van der Waals surface area contributed by atoms with Gasteiger partial charge in [0, 0.05) is 13.1 Å². The Balaban J connectivity index is 2.12. The van der Waals surface area contributed by atoms with Crippen LogP contribution in [0.4, 0.5) is 0 Å². The summed E-state index contributed by atoms with van der Waals surface area (Å²) in [6, 6.07) is 12.8. The number of benzene rings is 2. The molecule has 0 atom stereocenters. The van der Waals surface area contributed by atoms with Gasteiger partial charge in [0.2, 0.25) is 0 Å². The molecule has 0 aliphatic rings. The van der Waals surface area contributed by atoms with Crippen molar-refractivity contribution in [3.63, 3.8) is 0 Å². The van der Waals surface area contributed by atoms with Gasteiger partial charge in [0.15, 0.2) is 0 Å². The topological polar surface area (TPSA) is 38.5 Å². The predicted octanol–water partition coefficient (Wildman–Crippen LogP) is 3.27. The van der Waals surface area contributed by atoms with Crippen LogP contribution >= 0.6 is 0 Å². The number of rotatable bonds is 6. The van der Waals surface area contributed by atoms with E-state index in [1.54, 1.807) is 7.11 Å². The third kappa shape index (κ3) is 4.19. The van der Waals surface area contributed by atoms with E-state index in [0.29, 0.717) is 6.54 Å². The number of methoxy groups -OCH3 is 1. The zero-order valence-electron chi connectivity index (χ0n) is 13.5. The molecule has 0 aliphatic heterocycles. The highest BCUT2D eigenvalue weighted by molar-refractivity contribution is 5.84. The van der Waals surface area contributed by atoms with E-state index in [9.17, 15) is 0 Å². The van der Waals surface area contributed by atoms with Gasteiger partial charge in [-0.15, -0.1) is 0 Å². The van der Waals surface area contributed by atoms with Gasteiger partial charge in [0.05, 0.1) is 7.11 Å². The fourth-order valence-corrected chi connectivity index (χ4v) is 2.66. The second-order valence-corrected chi connectivity index (χ2v) is 6.59. The third-order valence-electron chi connectivity index (χ3n) is 3.81. The summed E-state index contributed by atoms with van der Waals surface area (Å²) in [7, 11) is 3.85. The van der Waals surface area contributed by atoms with Gasteiger partial charge < -0.3 is 15.4 Å². The predicted molar refractivity (Wildman–Crippen MR) is 89.7 cm³/mol. The molecule has 3 heteroatoms. The summed E-state index contributed by atoms with van der Waals surface area (Å²) in [5.41, 5.74) is 7.29. The molecule has 2 rings (SSSR count). The maximum absolute atomic E-state index is 5.81. The second kappa shape index (κ2) is 6.46. The quantitative estimate of drug-likeness (QED) is 0.886. The molecule has 0 spiro atoms. The van der Waals surface area contributed by atoms with Crippen molar-refractivity contribution < 1.29 is 4.74 Å². The fraction of sp³-hybridized carbons (Fsp3) is 0.444. The monoisotopic (exact) mass is 286 g/mol. The van der Waals surface area contributed by atoms with E-state index in [1.807, 2.05) is 6.07 Å². The number of ether oxygens (including phenoxy) is 1. The molecule has 0 unspecified atom stereocenters. The zero-order valence-corrected chi connectivity index (χ0v) is 13.5. The minimum Gasteiger partial charge on any atom is -0.497 e. The highest BCUT2D eigenvalue weighted by atomic mass is 16.5. The highest BCUT2D eigenvalue weighted by Crippen LogP contribution is 2.23. The van der Waals surface area contributed by atoms with E-state index >= 15 is 0 Å². The van der Waals surface area contributed by atoms with Gasteiger partial charge in [0.25, 0.3) is 0 Å². The molecule has 0 heterocycles. The molecule has 2 aromatic carbocycles. The van der Waals surface area contributed by atoms with Gasteiger partial charge in [-0.1, -0.05) is 32.0 Å². The minimum absolute atomic E-state index is 0.152. The molecule has 0 fully saturated rings. The van der Waals surface area contributed by atoms with Crippen molar-refractivity contribution in [2.75, 3.05) is 27.2 Å². The lowest BCUT2D eigenvalue weighted by Crippen LogP contribution is -2.36. The van der Waals surface area contributed by atoms with E-state index in [0.717, 1.165) is 18.8 Å². The number of nitrogens with zero attached hydrogens (tertiary/aromatic N) is 1. The molecule has 0 amide bonds. The molecule has 0 aromatic heterocycles. The first kappa shape index (κ1) is 15.8. The normalized spacial score (nSPS) is 12.1. The summed E-state index contributed by atoms with van der Waals surface area (Å²) in [6.07, 6.45) is 0. The van der Waals surface area contributed by atoms with Gasteiger partial charge >= 0.3 is 0 Å². The average Bonchev–Trinajstić information content (AvgIpc) is 2.46. The summed E-state index contributed by atoms with van der Waals surface area (Å²) >= 11 is 0. The Morgan fingerprint density at radius 1 is 1.10 bits per heavy atom. The molecule has 114 valence electrons. The summed E-state index contributed by atoms with van der Waals surface area (Å²) in [4.78, 5) is 2.33. The molecular weight excluding hydrogens is 260 g/mol. The molecule has 21 heavy (non-hydrogen) atoms. The van der Waals surface area contributed by atoms with Crippen LogP contribution in [0.5, 0.6) is 5.75 Å². The molecule has 2 aromatic rings. The lowest BCUT2D eigenvalue weighted by molar-refractivity contribution is 0.210. The van der Waals surface area contributed by atoms with Gasteiger partial charge in [-0.3, -0.25) is 0 Å². The molecule has 0 saturated heterocycles. The maximum Gasteiger partial charge on any atom is 0.119 e. The van der Waals surface area contributed by atoms with Crippen LogP contribution in [0.2, 0.25) is 0 Å². The van der Waals surface area contributed by atoms with E-state index in [-0.39, 0.29) is 5.41 Å². The first-order chi connectivity index (χ1) is 9.93. The molecule has 2 N–H and O–H groups in total. The Bertz CT molecular complexity index is 607. The van der Waals surface area contributed by atoms with Crippen molar-refractivity contribution in [3.8, 4) is 5.75 Å². The largest absolute Gasteiger partial charge is 0.497 e. The Morgan fingerprint density at radius 2 is 1.76 bits per heavy atom. The fourth-order valence-electron chi connectivity index (χ4n) is 2.66. The molecule has 0 bridgehead atoms. The smallest absolute Gasteiger partial charge is 0.119 e. The van der Waals surface area contributed by atoms with Crippen molar-refractivity contribution in [2.24, 2.45) is 11.1 Å². The van der Waals surface area contributed by atoms with Crippen LogP contribution in [-0.2, 0) is 6.54 Å². The molecule has 0 saturated carbocycles. The third-order valence-corrected chi connectivity index (χ3v) is 3.81. The van der Waals surface area contributed by atoms with Crippen LogP contribution in [0.25, 0.3) is 10.8 Å². The van der Waals surface area contributed by atoms with Gasteiger partial charge in [0.1, 0.15) is 5.75 Å². The first-order valence-corrected chi connectivity index (χ1v) is 7.39. The molecule has 0 aliphatic carbocycles. The van der Waals surface area contributed by atoms with Crippen LogP contribution < -0.4 is 10.5 Å². The van der Waals surface area contributed by atoms with E-state index in [4.69, 9.17) is 10.5 Å². The summed E-state index contributed by atoms with van der Waals surface area (Å²) in [6.45, 7) is 7.04. The SMILES string of the molecule is COc1ccc2cc(CN(C)CC(C)(C)CN)ccc2c1. The summed E-state index contributed by atoms with van der Waals surface area (Å²) in [5, 5.41) is 2.46. The van der Waals surface area contributed by atoms with Crippen molar-refractivity contribution >= 4 is 10.8 Å². The van der Waals surface area contributed by atoms with Crippen molar-refractivity contribution in [1.82, 2.24) is 4.90 Å². The van der Waals surface area contributed by atoms with Gasteiger partial charge in [-0.2, -0.15) is 0 Å². The lowest BCUT2D eigenvalue weighted by Gasteiger charge is -2.29. The summed E-state index contributed by atoms with van der Waals surface area (Å²) < 4.78 is 5.26. The van der Waals surface area contributed by atoms with Gasteiger partial charge in [-0.25, -0.2) is 0 Å². The average molecular weight is 286 g/mol. The van der Waals surface area contributed by atoms with Crippen LogP contribution in [0.3, 0.4) is 0 Å². The van der Waals surface area contributed by atoms with Crippen molar-refractivity contribution in [3.05, 3.63) is 42.0 Å². The van der Waals surface area contributed by atoms with Crippen molar-refractivity contribution in [2.45, 2.75) is 20.4 Å².